The van der Waals surface area contributed by atoms with E-state index >= 15 is 0 Å². The molecule has 0 fully saturated rings. The Bertz CT molecular complexity index is 754. The van der Waals surface area contributed by atoms with Gasteiger partial charge in [0.2, 0.25) is 0 Å². The number of aromatic nitrogens is 1. The van der Waals surface area contributed by atoms with Crippen LogP contribution in [-0.2, 0) is 6.54 Å². The lowest BCUT2D eigenvalue weighted by molar-refractivity contribution is 0.123. The third kappa shape index (κ3) is 3.88. The van der Waals surface area contributed by atoms with E-state index in [1.54, 1.807) is 18.4 Å². The minimum Gasteiger partial charge on any atom is -0.497 e. The molecule has 0 aliphatic rings. The number of para-hydroxylation sites is 1. The lowest BCUT2D eigenvalue weighted by Gasteiger charge is -2.20. The number of aliphatic hydroxyl groups excluding tert-OH is 1. The molecular weight excluding hydrogens is 308 g/mol. The van der Waals surface area contributed by atoms with Crippen LogP contribution in [0.2, 0.25) is 0 Å². The quantitative estimate of drug-likeness (QED) is 0.752. The van der Waals surface area contributed by atoms with Crippen molar-refractivity contribution in [2.45, 2.75) is 12.6 Å². The summed E-state index contributed by atoms with van der Waals surface area (Å²) in [4.78, 5) is 6.72. The molecule has 0 saturated carbocycles. The second-order valence-corrected chi connectivity index (χ2v) is 6.68. The van der Waals surface area contributed by atoms with Crippen LogP contribution in [0.5, 0.6) is 5.75 Å². The van der Waals surface area contributed by atoms with Crippen LogP contribution in [0.1, 0.15) is 16.7 Å². The monoisotopic (exact) mass is 328 g/mol. The molecule has 23 heavy (non-hydrogen) atoms. The fourth-order valence-corrected chi connectivity index (χ4v) is 3.58. The standard InChI is InChI=1S/C18H20N2O2S/c1-20(11-16(21)13-6-5-7-14(10-13)22-2)12-18-19-15-8-3-4-9-17(15)23-18/h3-10,16,21H,11-12H2,1-2H3/t16-/m0/s1. The molecule has 0 aliphatic carbocycles. The summed E-state index contributed by atoms with van der Waals surface area (Å²) in [6.07, 6.45) is -0.551. The Labute approximate surface area is 140 Å². The number of nitrogens with zero attached hydrogens (tertiary/aromatic N) is 2. The molecule has 1 aromatic heterocycles. The molecule has 0 amide bonds. The van der Waals surface area contributed by atoms with E-state index in [0.717, 1.165) is 28.4 Å². The van der Waals surface area contributed by atoms with E-state index < -0.39 is 6.10 Å². The highest BCUT2D eigenvalue weighted by Crippen LogP contribution is 2.24. The first-order chi connectivity index (χ1) is 11.2. The number of rotatable bonds is 6. The van der Waals surface area contributed by atoms with Crippen LogP contribution in [0, 0.1) is 0 Å². The first-order valence-corrected chi connectivity index (χ1v) is 8.32. The number of thiazole rings is 1. The van der Waals surface area contributed by atoms with E-state index in [9.17, 15) is 5.11 Å². The lowest BCUT2D eigenvalue weighted by Crippen LogP contribution is -2.24. The zero-order chi connectivity index (χ0) is 16.2. The largest absolute Gasteiger partial charge is 0.497 e. The number of benzene rings is 2. The van der Waals surface area contributed by atoms with Gasteiger partial charge in [-0.05, 0) is 36.9 Å². The minimum atomic E-state index is -0.551. The predicted octanol–water partition coefficient (Wildman–Crippen LogP) is 3.47. The number of likely N-dealkylation sites (N-methyl/N-ethyl adjacent to an activating group) is 1. The van der Waals surface area contributed by atoms with Crippen molar-refractivity contribution in [2.24, 2.45) is 0 Å². The van der Waals surface area contributed by atoms with Gasteiger partial charge in [-0.15, -0.1) is 11.3 Å². The Morgan fingerprint density at radius 1 is 1.22 bits per heavy atom. The highest BCUT2D eigenvalue weighted by molar-refractivity contribution is 7.18. The molecule has 0 aliphatic heterocycles. The minimum absolute atomic E-state index is 0.545. The number of hydrogen-bond acceptors (Lipinski definition) is 5. The maximum absolute atomic E-state index is 10.4. The fraction of sp³-hybridized carbons (Fsp3) is 0.278. The molecule has 1 atom stereocenters. The van der Waals surface area contributed by atoms with Gasteiger partial charge < -0.3 is 9.84 Å². The SMILES string of the molecule is COc1cccc([C@@H](O)CN(C)Cc2nc3ccccc3s2)c1. The van der Waals surface area contributed by atoms with Gasteiger partial charge in [0.15, 0.2) is 0 Å². The summed E-state index contributed by atoms with van der Waals surface area (Å²) in [6, 6.07) is 15.7. The Hall–Kier alpha value is -1.95. The van der Waals surface area contributed by atoms with Gasteiger partial charge in [-0.25, -0.2) is 4.98 Å². The molecule has 120 valence electrons. The summed E-state index contributed by atoms with van der Waals surface area (Å²) in [5.74, 6) is 0.760. The molecule has 3 rings (SSSR count). The Morgan fingerprint density at radius 3 is 2.83 bits per heavy atom. The molecule has 2 aromatic carbocycles. The van der Waals surface area contributed by atoms with Gasteiger partial charge in [0.05, 0.1) is 30.0 Å². The summed E-state index contributed by atoms with van der Waals surface area (Å²) in [6.45, 7) is 1.27. The van der Waals surface area contributed by atoms with Gasteiger partial charge >= 0.3 is 0 Å². The van der Waals surface area contributed by atoms with Crippen molar-refractivity contribution in [3.63, 3.8) is 0 Å². The molecule has 4 nitrogen and oxygen atoms in total. The second kappa shape index (κ2) is 7.08. The molecule has 3 aromatic rings. The Kier molecular flexibility index (Phi) is 4.91. The lowest BCUT2D eigenvalue weighted by atomic mass is 10.1. The molecule has 0 radical (unpaired) electrons. The first kappa shape index (κ1) is 15.9. The smallest absolute Gasteiger partial charge is 0.119 e. The van der Waals surface area contributed by atoms with Crippen LogP contribution in [-0.4, -0.2) is 35.7 Å². The number of fused-ring (bicyclic) bond motifs is 1. The van der Waals surface area contributed by atoms with Gasteiger partial charge in [-0.3, -0.25) is 4.90 Å². The summed E-state index contributed by atoms with van der Waals surface area (Å²) in [5, 5.41) is 11.5. The van der Waals surface area contributed by atoms with Gasteiger partial charge in [-0.2, -0.15) is 0 Å². The summed E-state index contributed by atoms with van der Waals surface area (Å²) in [5.41, 5.74) is 1.90. The molecule has 1 N–H and O–H groups in total. The fourth-order valence-electron chi connectivity index (χ4n) is 2.53. The summed E-state index contributed by atoms with van der Waals surface area (Å²) in [7, 11) is 3.63. The van der Waals surface area contributed by atoms with Crippen molar-refractivity contribution in [3.05, 3.63) is 59.1 Å². The van der Waals surface area contributed by atoms with Crippen molar-refractivity contribution in [1.82, 2.24) is 9.88 Å². The molecule has 5 heteroatoms. The second-order valence-electron chi connectivity index (χ2n) is 5.56. The van der Waals surface area contributed by atoms with Gasteiger partial charge in [0.25, 0.3) is 0 Å². The van der Waals surface area contributed by atoms with E-state index in [1.165, 1.54) is 4.70 Å². The van der Waals surface area contributed by atoms with Crippen molar-refractivity contribution in [1.29, 1.82) is 0 Å². The van der Waals surface area contributed by atoms with E-state index in [1.807, 2.05) is 49.5 Å². The number of aliphatic hydroxyl groups is 1. The maximum Gasteiger partial charge on any atom is 0.119 e. The van der Waals surface area contributed by atoms with Crippen molar-refractivity contribution in [3.8, 4) is 5.75 Å². The normalized spacial score (nSPS) is 12.7. The third-order valence-corrected chi connectivity index (χ3v) is 4.73. The van der Waals surface area contributed by atoms with Crippen LogP contribution in [0.4, 0.5) is 0 Å². The Balaban J connectivity index is 1.64. The van der Waals surface area contributed by atoms with Crippen molar-refractivity contribution >= 4 is 21.6 Å². The first-order valence-electron chi connectivity index (χ1n) is 7.50. The van der Waals surface area contributed by atoms with E-state index in [2.05, 4.69) is 16.0 Å². The average Bonchev–Trinajstić information content (AvgIpc) is 2.96. The summed E-state index contributed by atoms with van der Waals surface area (Å²) >= 11 is 1.70. The van der Waals surface area contributed by atoms with Gasteiger partial charge in [0, 0.05) is 6.54 Å². The maximum atomic E-state index is 10.4. The van der Waals surface area contributed by atoms with E-state index in [-0.39, 0.29) is 0 Å². The van der Waals surface area contributed by atoms with E-state index in [0.29, 0.717) is 6.54 Å². The molecule has 0 saturated heterocycles. The summed E-state index contributed by atoms with van der Waals surface area (Å²) < 4.78 is 6.40. The number of hydrogen-bond donors (Lipinski definition) is 1. The molecule has 1 heterocycles. The predicted molar refractivity (Wildman–Crippen MR) is 93.9 cm³/mol. The molecular formula is C18H20N2O2S. The van der Waals surface area contributed by atoms with Crippen molar-refractivity contribution < 1.29 is 9.84 Å². The zero-order valence-corrected chi connectivity index (χ0v) is 14.1. The van der Waals surface area contributed by atoms with E-state index in [4.69, 9.17) is 4.74 Å². The van der Waals surface area contributed by atoms with Crippen LogP contribution in [0.15, 0.2) is 48.5 Å². The van der Waals surface area contributed by atoms with Crippen LogP contribution < -0.4 is 4.74 Å². The molecule has 0 spiro atoms. The Morgan fingerprint density at radius 2 is 2.04 bits per heavy atom. The van der Waals surface area contributed by atoms with Gasteiger partial charge in [-0.1, -0.05) is 24.3 Å². The molecule has 0 unspecified atom stereocenters. The topological polar surface area (TPSA) is 45.6 Å². The highest BCUT2D eigenvalue weighted by atomic mass is 32.1. The third-order valence-electron chi connectivity index (χ3n) is 3.71. The molecule has 0 bridgehead atoms. The number of methoxy groups -OCH3 is 1. The zero-order valence-electron chi connectivity index (χ0n) is 13.3. The van der Waals surface area contributed by atoms with Crippen LogP contribution >= 0.6 is 11.3 Å². The van der Waals surface area contributed by atoms with Crippen LogP contribution in [0.25, 0.3) is 10.2 Å². The highest BCUT2D eigenvalue weighted by Gasteiger charge is 2.13. The average molecular weight is 328 g/mol. The van der Waals surface area contributed by atoms with Crippen LogP contribution in [0.3, 0.4) is 0 Å². The van der Waals surface area contributed by atoms with Gasteiger partial charge in [0.1, 0.15) is 10.8 Å². The number of ether oxygens (including phenoxy) is 1. The van der Waals surface area contributed by atoms with Crippen molar-refractivity contribution in [2.75, 3.05) is 20.7 Å².